The molecule has 2 atom stereocenters. The Morgan fingerprint density at radius 2 is 1.89 bits per heavy atom. The van der Waals surface area contributed by atoms with Crippen LogP contribution in [0.25, 0.3) is 0 Å². The second kappa shape index (κ2) is 8.88. The molecule has 6 nitrogen and oxygen atoms in total. The first kappa shape index (κ1) is 16.9. The van der Waals surface area contributed by atoms with Crippen LogP contribution < -0.4 is 16.4 Å². The second-order valence-corrected chi connectivity index (χ2v) is 4.69. The number of methoxy groups -OCH3 is 1. The number of hydrogen-bond donors (Lipinski definition) is 3. The van der Waals surface area contributed by atoms with Gasteiger partial charge in [-0.15, -0.1) is 0 Å². The lowest BCUT2D eigenvalue weighted by atomic mass is 10.0. The Balaban J connectivity index is 3.95. The highest BCUT2D eigenvalue weighted by molar-refractivity contribution is 5.87. The van der Waals surface area contributed by atoms with E-state index in [1.807, 2.05) is 13.8 Å². The molecule has 0 heterocycles. The van der Waals surface area contributed by atoms with Crippen LogP contribution in [-0.2, 0) is 14.3 Å². The molecule has 0 saturated heterocycles. The number of hydrogen-bond acceptors (Lipinski definition) is 4. The molecule has 4 N–H and O–H groups in total. The molecule has 0 aromatic carbocycles. The van der Waals surface area contributed by atoms with E-state index in [1.165, 1.54) is 0 Å². The highest BCUT2D eigenvalue weighted by Gasteiger charge is 2.18. The maximum Gasteiger partial charge on any atom is 0.242 e. The van der Waals surface area contributed by atoms with Gasteiger partial charge in [-0.1, -0.05) is 13.8 Å². The zero-order valence-electron chi connectivity index (χ0n) is 11.7. The minimum absolute atomic E-state index is 0.186. The maximum atomic E-state index is 11.6. The topological polar surface area (TPSA) is 93.5 Å². The lowest BCUT2D eigenvalue weighted by Crippen LogP contribution is -2.47. The Morgan fingerprint density at radius 1 is 1.28 bits per heavy atom. The molecule has 0 aliphatic carbocycles. The monoisotopic (exact) mass is 259 g/mol. The standard InChI is InChI=1S/C12H25N3O3/c1-8(2)10(13)7-11(16)15-9(3)12(17)14-5-6-18-4/h8-10H,5-7,13H2,1-4H3,(H,14,17)(H,15,16). The molecule has 18 heavy (non-hydrogen) atoms. The molecule has 0 rings (SSSR count). The molecule has 0 spiro atoms. The van der Waals surface area contributed by atoms with Gasteiger partial charge < -0.3 is 21.1 Å². The molecule has 0 aromatic heterocycles. The van der Waals surface area contributed by atoms with Crippen molar-refractivity contribution in [3.8, 4) is 0 Å². The Kier molecular flexibility index (Phi) is 8.32. The molecule has 0 fully saturated rings. The van der Waals surface area contributed by atoms with Crippen LogP contribution in [0.3, 0.4) is 0 Å². The van der Waals surface area contributed by atoms with Crippen molar-refractivity contribution in [1.29, 1.82) is 0 Å². The third-order valence-corrected chi connectivity index (χ3v) is 2.65. The van der Waals surface area contributed by atoms with E-state index >= 15 is 0 Å². The average molecular weight is 259 g/mol. The maximum absolute atomic E-state index is 11.6. The summed E-state index contributed by atoms with van der Waals surface area (Å²) < 4.78 is 4.81. The molecule has 106 valence electrons. The predicted octanol–water partition coefficient (Wildman–Crippen LogP) is -0.373. The van der Waals surface area contributed by atoms with Crippen LogP contribution in [0, 0.1) is 5.92 Å². The van der Waals surface area contributed by atoms with Crippen LogP contribution in [-0.4, -0.2) is 44.2 Å². The van der Waals surface area contributed by atoms with Gasteiger partial charge in [0.05, 0.1) is 6.61 Å². The molecule has 0 radical (unpaired) electrons. The summed E-state index contributed by atoms with van der Waals surface area (Å²) in [6.07, 6.45) is 0.230. The average Bonchev–Trinajstić information content (AvgIpc) is 2.28. The van der Waals surface area contributed by atoms with E-state index in [1.54, 1.807) is 14.0 Å². The molecule has 2 unspecified atom stereocenters. The number of amides is 2. The van der Waals surface area contributed by atoms with Crippen LogP contribution in [0.1, 0.15) is 27.2 Å². The normalized spacial score (nSPS) is 14.1. The van der Waals surface area contributed by atoms with Gasteiger partial charge in [-0.05, 0) is 12.8 Å². The fourth-order valence-corrected chi connectivity index (χ4v) is 1.25. The summed E-state index contributed by atoms with van der Waals surface area (Å²) in [5.74, 6) is -0.189. The van der Waals surface area contributed by atoms with Crippen molar-refractivity contribution in [3.63, 3.8) is 0 Å². The lowest BCUT2D eigenvalue weighted by molar-refractivity contribution is -0.128. The fraction of sp³-hybridized carbons (Fsp3) is 0.833. The molecule has 0 aliphatic heterocycles. The van der Waals surface area contributed by atoms with Gasteiger partial charge in [-0.3, -0.25) is 9.59 Å². The third kappa shape index (κ3) is 7.24. The summed E-state index contributed by atoms with van der Waals surface area (Å²) in [4.78, 5) is 23.2. The highest BCUT2D eigenvalue weighted by atomic mass is 16.5. The molecule has 2 amide bonds. The second-order valence-electron chi connectivity index (χ2n) is 4.69. The van der Waals surface area contributed by atoms with Gasteiger partial charge in [0.25, 0.3) is 0 Å². The van der Waals surface area contributed by atoms with E-state index in [-0.39, 0.29) is 30.2 Å². The van der Waals surface area contributed by atoms with Gasteiger partial charge in [0.2, 0.25) is 11.8 Å². The summed E-state index contributed by atoms with van der Waals surface area (Å²) in [5, 5.41) is 5.28. The van der Waals surface area contributed by atoms with Crippen molar-refractivity contribution in [2.24, 2.45) is 11.7 Å². The van der Waals surface area contributed by atoms with E-state index in [4.69, 9.17) is 10.5 Å². The largest absolute Gasteiger partial charge is 0.383 e. The van der Waals surface area contributed by atoms with Crippen LogP contribution in [0.15, 0.2) is 0 Å². The summed E-state index contributed by atoms with van der Waals surface area (Å²) in [7, 11) is 1.56. The number of rotatable bonds is 8. The molecule has 6 heteroatoms. The number of nitrogens with one attached hydrogen (secondary N) is 2. The third-order valence-electron chi connectivity index (χ3n) is 2.65. The van der Waals surface area contributed by atoms with Crippen LogP contribution in [0.5, 0.6) is 0 Å². The molecular weight excluding hydrogens is 234 g/mol. The van der Waals surface area contributed by atoms with E-state index in [2.05, 4.69) is 10.6 Å². The Labute approximate surface area is 109 Å². The molecule has 0 aliphatic rings. The predicted molar refractivity (Wildman–Crippen MR) is 69.9 cm³/mol. The van der Waals surface area contributed by atoms with Gasteiger partial charge in [-0.25, -0.2) is 0 Å². The Morgan fingerprint density at radius 3 is 2.39 bits per heavy atom. The first-order valence-corrected chi connectivity index (χ1v) is 6.20. The highest BCUT2D eigenvalue weighted by Crippen LogP contribution is 2.02. The zero-order chi connectivity index (χ0) is 14.1. The number of nitrogens with two attached hydrogens (primary N) is 1. The molecule has 0 aromatic rings. The van der Waals surface area contributed by atoms with Crippen LogP contribution in [0.4, 0.5) is 0 Å². The molecular formula is C12H25N3O3. The Hall–Kier alpha value is -1.14. The van der Waals surface area contributed by atoms with Crippen molar-refractivity contribution in [2.75, 3.05) is 20.3 Å². The van der Waals surface area contributed by atoms with Gasteiger partial charge in [0.15, 0.2) is 0 Å². The lowest BCUT2D eigenvalue weighted by Gasteiger charge is -2.18. The summed E-state index contributed by atoms with van der Waals surface area (Å²) in [5.41, 5.74) is 5.79. The SMILES string of the molecule is COCCNC(=O)C(C)NC(=O)CC(N)C(C)C. The number of carbonyl (C=O) groups is 2. The fourth-order valence-electron chi connectivity index (χ4n) is 1.25. The Bertz CT molecular complexity index is 269. The van der Waals surface area contributed by atoms with Gasteiger partial charge in [0.1, 0.15) is 6.04 Å². The van der Waals surface area contributed by atoms with Gasteiger partial charge in [0, 0.05) is 26.1 Å². The first-order chi connectivity index (χ1) is 8.38. The van der Waals surface area contributed by atoms with Crippen molar-refractivity contribution in [2.45, 2.75) is 39.3 Å². The number of carbonyl (C=O) groups excluding carboxylic acids is 2. The van der Waals surface area contributed by atoms with Crippen LogP contribution in [0.2, 0.25) is 0 Å². The summed E-state index contributed by atoms with van der Waals surface area (Å²) in [6, 6.07) is -0.748. The van der Waals surface area contributed by atoms with Gasteiger partial charge >= 0.3 is 0 Å². The van der Waals surface area contributed by atoms with E-state index in [0.29, 0.717) is 13.2 Å². The van der Waals surface area contributed by atoms with Crippen LogP contribution >= 0.6 is 0 Å². The smallest absolute Gasteiger partial charge is 0.242 e. The minimum atomic E-state index is -0.561. The van der Waals surface area contributed by atoms with Crippen molar-refractivity contribution in [1.82, 2.24) is 10.6 Å². The first-order valence-electron chi connectivity index (χ1n) is 6.20. The minimum Gasteiger partial charge on any atom is -0.383 e. The van der Waals surface area contributed by atoms with Crippen molar-refractivity contribution < 1.29 is 14.3 Å². The molecule has 0 bridgehead atoms. The van der Waals surface area contributed by atoms with Gasteiger partial charge in [-0.2, -0.15) is 0 Å². The van der Waals surface area contributed by atoms with Crippen molar-refractivity contribution >= 4 is 11.8 Å². The zero-order valence-corrected chi connectivity index (χ0v) is 11.7. The van der Waals surface area contributed by atoms with E-state index in [0.717, 1.165) is 0 Å². The van der Waals surface area contributed by atoms with E-state index < -0.39 is 6.04 Å². The van der Waals surface area contributed by atoms with Crippen molar-refractivity contribution in [3.05, 3.63) is 0 Å². The summed E-state index contributed by atoms with van der Waals surface area (Å²) >= 11 is 0. The summed E-state index contributed by atoms with van der Waals surface area (Å²) in [6.45, 7) is 6.43. The molecule has 0 saturated carbocycles. The van der Waals surface area contributed by atoms with E-state index in [9.17, 15) is 9.59 Å². The quantitative estimate of drug-likeness (QED) is 0.518. The number of ether oxygens (including phenoxy) is 1.